The van der Waals surface area contributed by atoms with Gasteiger partial charge in [-0.1, -0.05) is 56.5 Å². The van der Waals surface area contributed by atoms with Crippen LogP contribution in [0.4, 0.5) is 0 Å². The number of ether oxygens (including phenoxy) is 1. The summed E-state index contributed by atoms with van der Waals surface area (Å²) in [5.41, 5.74) is 4.08. The van der Waals surface area contributed by atoms with Gasteiger partial charge >= 0.3 is 0 Å². The minimum Gasteiger partial charge on any atom is -0.494 e. The van der Waals surface area contributed by atoms with E-state index in [0.29, 0.717) is 0 Å². The highest BCUT2D eigenvalue weighted by Gasteiger charge is 2.20. The molecule has 0 spiro atoms. The second-order valence-corrected chi connectivity index (χ2v) is 9.67. The van der Waals surface area contributed by atoms with Gasteiger partial charge in [-0.05, 0) is 49.8 Å². The summed E-state index contributed by atoms with van der Waals surface area (Å²) in [6.07, 6.45) is 10.6. The predicted octanol–water partition coefficient (Wildman–Crippen LogP) is 5.55. The summed E-state index contributed by atoms with van der Waals surface area (Å²) in [6, 6.07) is 11.8. The lowest BCUT2D eigenvalue weighted by atomic mass is 9.94. The molecule has 0 unspecified atom stereocenters. The third-order valence-corrected chi connectivity index (χ3v) is 7.80. The Balaban J connectivity index is 1.68. The van der Waals surface area contributed by atoms with Crippen LogP contribution in [0.1, 0.15) is 51.5 Å². The van der Waals surface area contributed by atoms with E-state index >= 15 is 0 Å². The van der Waals surface area contributed by atoms with Gasteiger partial charge in [0.2, 0.25) is 0 Å². The van der Waals surface area contributed by atoms with Crippen LogP contribution in [0.15, 0.2) is 36.0 Å². The van der Waals surface area contributed by atoms with Crippen LogP contribution in [-0.2, 0) is 6.42 Å². The summed E-state index contributed by atoms with van der Waals surface area (Å²) in [6.45, 7) is 5.05. The first-order valence-electron chi connectivity index (χ1n) is 9.20. The van der Waals surface area contributed by atoms with Crippen LogP contribution >= 0.6 is 0 Å². The Kier molecular flexibility index (Phi) is 7.79. The van der Waals surface area contributed by atoms with Gasteiger partial charge in [-0.3, -0.25) is 0 Å². The molecular formula is C20H32OSi. The Morgan fingerprint density at radius 3 is 2.50 bits per heavy atom. The summed E-state index contributed by atoms with van der Waals surface area (Å²) in [7, 11) is -0.507. The molecule has 1 saturated heterocycles. The number of rotatable bonds is 8. The Bertz CT molecular complexity index is 430. The molecule has 0 saturated carbocycles. The molecule has 1 aromatic rings. The van der Waals surface area contributed by atoms with Gasteiger partial charge in [0, 0.05) is 0 Å². The second kappa shape index (κ2) is 9.89. The number of benzene rings is 1. The number of aryl methyl sites for hydroxylation is 1. The first kappa shape index (κ1) is 17.3. The van der Waals surface area contributed by atoms with Crippen LogP contribution in [-0.4, -0.2) is 15.4 Å². The van der Waals surface area contributed by atoms with Gasteiger partial charge in [0.25, 0.3) is 0 Å². The lowest BCUT2D eigenvalue weighted by molar-refractivity contribution is 0.340. The van der Waals surface area contributed by atoms with E-state index < -0.39 is 8.80 Å². The molecule has 22 heavy (non-hydrogen) atoms. The van der Waals surface area contributed by atoms with Crippen LogP contribution < -0.4 is 4.74 Å². The number of unbranched alkanes of at least 4 members (excludes halogenated alkanes) is 1. The van der Waals surface area contributed by atoms with Crippen molar-refractivity contribution in [1.82, 2.24) is 0 Å². The smallest absolute Gasteiger partial charge is 0.119 e. The Morgan fingerprint density at radius 1 is 1.14 bits per heavy atom. The number of hydrogen-bond acceptors (Lipinski definition) is 1. The zero-order chi connectivity index (χ0) is 15.6. The molecule has 0 radical (unpaired) electrons. The van der Waals surface area contributed by atoms with Gasteiger partial charge in [0.15, 0.2) is 0 Å². The monoisotopic (exact) mass is 316 g/mol. The van der Waals surface area contributed by atoms with Gasteiger partial charge in [-0.25, -0.2) is 0 Å². The van der Waals surface area contributed by atoms with E-state index in [9.17, 15) is 0 Å². The fraction of sp³-hybridized carbons (Fsp3) is 0.600. The van der Waals surface area contributed by atoms with Crippen molar-refractivity contribution in [1.29, 1.82) is 0 Å². The minimum absolute atomic E-state index is 0.507. The molecule has 1 aliphatic rings. The van der Waals surface area contributed by atoms with Gasteiger partial charge < -0.3 is 4.74 Å². The fourth-order valence-electron chi connectivity index (χ4n) is 3.41. The van der Waals surface area contributed by atoms with Gasteiger partial charge in [0.05, 0.1) is 15.4 Å². The number of hydrogen-bond donors (Lipinski definition) is 0. The van der Waals surface area contributed by atoms with E-state index in [1.165, 1.54) is 56.2 Å². The SMILES string of the molecule is CCC/C=C/[SiH]1CCC(CCc2ccc(OCC)cc2)CC1. The first-order valence-corrected chi connectivity index (χ1v) is 11.5. The zero-order valence-corrected chi connectivity index (χ0v) is 15.5. The topological polar surface area (TPSA) is 9.23 Å². The minimum atomic E-state index is -0.507. The second-order valence-electron chi connectivity index (χ2n) is 6.61. The third-order valence-electron chi connectivity index (χ3n) is 4.83. The van der Waals surface area contributed by atoms with E-state index in [-0.39, 0.29) is 0 Å². The summed E-state index contributed by atoms with van der Waals surface area (Å²) in [5.74, 6) is 1.96. The van der Waals surface area contributed by atoms with Crippen LogP contribution in [0, 0.1) is 5.92 Å². The number of allylic oxidation sites excluding steroid dienone is 1. The quantitative estimate of drug-likeness (QED) is 0.571. The van der Waals surface area contributed by atoms with Crippen molar-refractivity contribution >= 4 is 8.80 Å². The van der Waals surface area contributed by atoms with Crippen molar-refractivity contribution < 1.29 is 4.74 Å². The molecular weight excluding hydrogens is 284 g/mol. The zero-order valence-electron chi connectivity index (χ0n) is 14.4. The Hall–Kier alpha value is -1.02. The van der Waals surface area contributed by atoms with Crippen molar-refractivity contribution in [3.8, 4) is 5.75 Å². The summed E-state index contributed by atoms with van der Waals surface area (Å²) < 4.78 is 5.51. The standard InChI is InChI=1S/C20H32OSi/c1-3-5-6-15-22-16-13-19(14-17-22)8-7-18-9-11-20(12-10-18)21-4-2/h6,9-12,15,19,22H,3-5,7-8,13-14,16-17H2,1-2H3/b15-6+. The summed E-state index contributed by atoms with van der Waals surface area (Å²) >= 11 is 0. The van der Waals surface area contributed by atoms with E-state index in [1.54, 1.807) is 0 Å². The van der Waals surface area contributed by atoms with Crippen LogP contribution in [0.5, 0.6) is 5.75 Å². The highest BCUT2D eigenvalue weighted by Crippen LogP contribution is 2.29. The predicted molar refractivity (Wildman–Crippen MR) is 99.5 cm³/mol. The van der Waals surface area contributed by atoms with Crippen LogP contribution in [0.2, 0.25) is 12.1 Å². The largest absolute Gasteiger partial charge is 0.494 e. The third kappa shape index (κ3) is 6.00. The van der Waals surface area contributed by atoms with Gasteiger partial charge in [0.1, 0.15) is 5.75 Å². The molecule has 0 aliphatic carbocycles. The summed E-state index contributed by atoms with van der Waals surface area (Å²) in [4.78, 5) is 0. The Morgan fingerprint density at radius 2 is 1.86 bits per heavy atom. The van der Waals surface area contributed by atoms with Crippen LogP contribution in [0.3, 0.4) is 0 Å². The highest BCUT2D eigenvalue weighted by atomic mass is 28.3. The van der Waals surface area contributed by atoms with Crippen molar-refractivity contribution in [3.05, 3.63) is 41.6 Å². The van der Waals surface area contributed by atoms with E-state index in [1.807, 2.05) is 6.92 Å². The lowest BCUT2D eigenvalue weighted by Crippen LogP contribution is -2.20. The molecule has 0 N–H and O–H groups in total. The van der Waals surface area contributed by atoms with E-state index in [4.69, 9.17) is 4.74 Å². The summed E-state index contributed by atoms with van der Waals surface area (Å²) in [5, 5.41) is 0. The van der Waals surface area contributed by atoms with E-state index in [0.717, 1.165) is 18.3 Å². The average Bonchev–Trinajstić information content (AvgIpc) is 2.56. The van der Waals surface area contributed by atoms with Crippen molar-refractivity contribution in [2.75, 3.05) is 6.61 Å². The highest BCUT2D eigenvalue weighted by molar-refractivity contribution is 6.64. The maximum Gasteiger partial charge on any atom is 0.119 e. The first-order chi connectivity index (χ1) is 10.8. The molecule has 0 aromatic heterocycles. The van der Waals surface area contributed by atoms with Gasteiger partial charge in [-0.2, -0.15) is 0 Å². The van der Waals surface area contributed by atoms with Crippen molar-refractivity contribution in [2.24, 2.45) is 5.92 Å². The molecule has 0 amide bonds. The average molecular weight is 317 g/mol. The fourth-order valence-corrected chi connectivity index (χ4v) is 6.46. The maximum atomic E-state index is 5.51. The molecule has 1 aromatic carbocycles. The Labute approximate surface area is 138 Å². The molecule has 122 valence electrons. The molecule has 1 fully saturated rings. The molecule has 2 rings (SSSR count). The maximum absolute atomic E-state index is 5.51. The van der Waals surface area contributed by atoms with Crippen molar-refractivity contribution in [3.63, 3.8) is 0 Å². The molecule has 0 atom stereocenters. The van der Waals surface area contributed by atoms with Crippen LogP contribution in [0.25, 0.3) is 0 Å². The van der Waals surface area contributed by atoms with E-state index in [2.05, 4.69) is 43.0 Å². The normalized spacial score (nSPS) is 22.1. The molecule has 1 aliphatic heterocycles. The van der Waals surface area contributed by atoms with Gasteiger partial charge in [-0.15, -0.1) is 5.70 Å². The molecule has 2 heteroatoms. The molecule has 1 nitrogen and oxygen atoms in total. The lowest BCUT2D eigenvalue weighted by Gasteiger charge is -2.26. The molecule has 0 bridgehead atoms. The molecule has 1 heterocycles. The van der Waals surface area contributed by atoms with Crippen molar-refractivity contribution in [2.45, 2.75) is 64.5 Å².